The lowest BCUT2D eigenvalue weighted by atomic mass is 10.1. The van der Waals surface area contributed by atoms with E-state index < -0.39 is 0 Å². The Morgan fingerprint density at radius 1 is 0.935 bits per heavy atom. The Kier molecular flexibility index (Phi) is 7.10. The van der Waals surface area contributed by atoms with Gasteiger partial charge in [-0.05, 0) is 49.6 Å². The number of aryl methyl sites for hydroxylation is 1. The number of aliphatic hydroxyl groups excluding tert-OH is 1. The molecule has 6 heteroatoms. The van der Waals surface area contributed by atoms with E-state index in [4.69, 9.17) is 4.74 Å². The summed E-state index contributed by atoms with van der Waals surface area (Å²) >= 11 is 0. The summed E-state index contributed by atoms with van der Waals surface area (Å²) in [4.78, 5) is 19.1. The van der Waals surface area contributed by atoms with E-state index in [-0.39, 0.29) is 18.6 Å². The molecule has 4 rings (SSSR count). The molecule has 1 amide bonds. The van der Waals surface area contributed by atoms with Crippen LogP contribution in [0.15, 0.2) is 48.5 Å². The summed E-state index contributed by atoms with van der Waals surface area (Å²) in [6, 6.07) is 16.6. The van der Waals surface area contributed by atoms with Gasteiger partial charge in [0.2, 0.25) is 0 Å². The first-order chi connectivity index (χ1) is 15.1. The van der Waals surface area contributed by atoms with Gasteiger partial charge < -0.3 is 19.6 Å². The van der Waals surface area contributed by atoms with Gasteiger partial charge in [0.05, 0.1) is 6.10 Å². The number of amides is 1. The Morgan fingerprint density at radius 3 is 2.23 bits per heavy atom. The average Bonchev–Trinajstić information content (AvgIpc) is 2.81. The maximum absolute atomic E-state index is 12.5. The Bertz CT molecular complexity index is 837. The van der Waals surface area contributed by atoms with Crippen LogP contribution in [-0.2, 0) is 11.3 Å². The second-order valence-corrected chi connectivity index (χ2v) is 8.64. The first kappa shape index (κ1) is 21.7. The minimum Gasteiger partial charge on any atom is -0.484 e. The van der Waals surface area contributed by atoms with Crippen molar-refractivity contribution >= 4 is 11.6 Å². The largest absolute Gasteiger partial charge is 0.484 e. The summed E-state index contributed by atoms with van der Waals surface area (Å²) in [7, 11) is 0. The number of aliphatic hydroxyl groups is 1. The molecular formula is C25H33N3O3. The Hall–Kier alpha value is -2.57. The number of piperazine rings is 1. The van der Waals surface area contributed by atoms with Gasteiger partial charge in [-0.15, -0.1) is 0 Å². The molecular weight excluding hydrogens is 390 g/mol. The third kappa shape index (κ3) is 5.99. The van der Waals surface area contributed by atoms with Crippen LogP contribution in [0.2, 0.25) is 0 Å². The van der Waals surface area contributed by atoms with Crippen molar-refractivity contribution in [2.45, 2.75) is 32.4 Å². The second-order valence-electron chi connectivity index (χ2n) is 8.64. The van der Waals surface area contributed by atoms with Crippen molar-refractivity contribution in [3.05, 3.63) is 59.7 Å². The van der Waals surface area contributed by atoms with Gasteiger partial charge in [-0.1, -0.05) is 29.8 Å². The van der Waals surface area contributed by atoms with Gasteiger partial charge in [0.15, 0.2) is 6.61 Å². The zero-order valence-electron chi connectivity index (χ0n) is 18.4. The highest BCUT2D eigenvalue weighted by Crippen LogP contribution is 2.20. The number of benzene rings is 2. The van der Waals surface area contributed by atoms with Gasteiger partial charge in [-0.25, -0.2) is 0 Å². The van der Waals surface area contributed by atoms with Gasteiger partial charge in [0, 0.05) is 51.5 Å². The third-order valence-electron chi connectivity index (χ3n) is 6.28. The average molecular weight is 424 g/mol. The van der Waals surface area contributed by atoms with E-state index in [0.29, 0.717) is 13.1 Å². The van der Waals surface area contributed by atoms with Gasteiger partial charge >= 0.3 is 0 Å². The topological polar surface area (TPSA) is 56.2 Å². The molecule has 2 aliphatic heterocycles. The first-order valence-electron chi connectivity index (χ1n) is 11.3. The summed E-state index contributed by atoms with van der Waals surface area (Å²) < 4.78 is 5.65. The maximum Gasteiger partial charge on any atom is 0.260 e. The summed E-state index contributed by atoms with van der Waals surface area (Å²) in [5, 5.41) is 9.65. The van der Waals surface area contributed by atoms with E-state index in [9.17, 15) is 9.90 Å². The molecule has 1 N–H and O–H groups in total. The van der Waals surface area contributed by atoms with Crippen LogP contribution < -0.4 is 9.64 Å². The molecule has 0 atom stereocenters. The fourth-order valence-corrected chi connectivity index (χ4v) is 4.23. The number of carbonyl (C=O) groups is 1. The van der Waals surface area contributed by atoms with Crippen molar-refractivity contribution in [3.8, 4) is 5.75 Å². The fraction of sp³-hybridized carbons (Fsp3) is 0.480. The predicted molar refractivity (Wildman–Crippen MR) is 122 cm³/mol. The molecule has 0 saturated carbocycles. The fourth-order valence-electron chi connectivity index (χ4n) is 4.23. The molecule has 0 aromatic heterocycles. The molecule has 2 heterocycles. The van der Waals surface area contributed by atoms with Gasteiger partial charge in [-0.2, -0.15) is 0 Å². The van der Waals surface area contributed by atoms with Crippen molar-refractivity contribution in [2.75, 3.05) is 50.8 Å². The highest BCUT2D eigenvalue weighted by Gasteiger charge is 2.22. The number of anilines is 1. The molecule has 0 radical (unpaired) electrons. The molecule has 0 unspecified atom stereocenters. The number of hydrogen-bond acceptors (Lipinski definition) is 5. The minimum atomic E-state index is -0.127. The van der Waals surface area contributed by atoms with Gasteiger partial charge in [-0.3, -0.25) is 9.69 Å². The van der Waals surface area contributed by atoms with E-state index in [1.54, 1.807) is 0 Å². The van der Waals surface area contributed by atoms with Crippen LogP contribution in [0.1, 0.15) is 24.0 Å². The lowest BCUT2D eigenvalue weighted by Gasteiger charge is -2.36. The molecule has 2 aliphatic rings. The summed E-state index contributed by atoms with van der Waals surface area (Å²) in [6.07, 6.45) is 1.62. The highest BCUT2D eigenvalue weighted by molar-refractivity contribution is 5.78. The van der Waals surface area contributed by atoms with Crippen LogP contribution in [0.4, 0.5) is 5.69 Å². The summed E-state index contributed by atoms with van der Waals surface area (Å²) in [5.74, 6) is 0.778. The molecule has 6 nitrogen and oxygen atoms in total. The smallest absolute Gasteiger partial charge is 0.260 e. The molecule has 0 spiro atoms. The lowest BCUT2D eigenvalue weighted by Crippen LogP contribution is -2.50. The monoisotopic (exact) mass is 423 g/mol. The number of nitrogens with zero attached hydrogens (tertiary/aromatic N) is 3. The van der Waals surface area contributed by atoms with Crippen LogP contribution in [0, 0.1) is 6.92 Å². The minimum absolute atomic E-state index is 0.0437. The third-order valence-corrected chi connectivity index (χ3v) is 6.28. The van der Waals surface area contributed by atoms with Crippen LogP contribution in [0.25, 0.3) is 0 Å². The summed E-state index contributed by atoms with van der Waals surface area (Å²) in [5.41, 5.74) is 3.69. The SMILES string of the molecule is Cc1ccc(OCC(=O)N2CCN(c3ccc(CN4CCC(O)CC4)cc3)CC2)cc1. The lowest BCUT2D eigenvalue weighted by molar-refractivity contribution is -0.133. The molecule has 0 bridgehead atoms. The maximum atomic E-state index is 12.5. The Labute approximate surface area is 185 Å². The number of hydrogen-bond donors (Lipinski definition) is 1. The van der Waals surface area contributed by atoms with E-state index >= 15 is 0 Å². The molecule has 2 aromatic rings. The Morgan fingerprint density at radius 2 is 1.58 bits per heavy atom. The van der Waals surface area contributed by atoms with E-state index in [0.717, 1.165) is 51.3 Å². The number of likely N-dealkylation sites (tertiary alicyclic amines) is 1. The number of rotatable bonds is 6. The molecule has 0 aliphatic carbocycles. The predicted octanol–water partition coefficient (Wildman–Crippen LogP) is 2.68. The molecule has 2 aromatic carbocycles. The second kappa shape index (κ2) is 10.2. The van der Waals surface area contributed by atoms with Gasteiger partial charge in [0.1, 0.15) is 5.75 Å². The van der Waals surface area contributed by atoms with Crippen molar-refractivity contribution in [3.63, 3.8) is 0 Å². The van der Waals surface area contributed by atoms with Crippen LogP contribution in [0.3, 0.4) is 0 Å². The molecule has 31 heavy (non-hydrogen) atoms. The van der Waals surface area contributed by atoms with Crippen molar-refractivity contribution in [1.29, 1.82) is 0 Å². The number of carbonyl (C=O) groups excluding carboxylic acids is 1. The zero-order chi connectivity index (χ0) is 21.6. The van der Waals surface area contributed by atoms with E-state index in [1.807, 2.05) is 36.1 Å². The van der Waals surface area contributed by atoms with Crippen LogP contribution >= 0.6 is 0 Å². The molecule has 2 saturated heterocycles. The van der Waals surface area contributed by atoms with Crippen LogP contribution in [-0.4, -0.2) is 72.8 Å². The van der Waals surface area contributed by atoms with Crippen molar-refractivity contribution in [2.24, 2.45) is 0 Å². The van der Waals surface area contributed by atoms with E-state index in [1.165, 1.54) is 16.8 Å². The summed E-state index contributed by atoms with van der Waals surface area (Å²) in [6.45, 7) is 8.09. The van der Waals surface area contributed by atoms with Crippen molar-refractivity contribution in [1.82, 2.24) is 9.80 Å². The Balaban J connectivity index is 1.21. The number of ether oxygens (including phenoxy) is 1. The van der Waals surface area contributed by atoms with Crippen LogP contribution in [0.5, 0.6) is 5.75 Å². The van der Waals surface area contributed by atoms with Gasteiger partial charge in [0.25, 0.3) is 5.91 Å². The molecule has 2 fully saturated rings. The molecule has 166 valence electrons. The quantitative estimate of drug-likeness (QED) is 0.774. The zero-order valence-corrected chi connectivity index (χ0v) is 18.4. The van der Waals surface area contributed by atoms with E-state index in [2.05, 4.69) is 34.1 Å². The number of piperidine rings is 1. The first-order valence-corrected chi connectivity index (χ1v) is 11.3. The standard InChI is InChI=1S/C25H33N3O3/c1-20-2-8-24(9-3-20)31-19-25(30)28-16-14-27(15-17-28)22-6-4-21(5-7-22)18-26-12-10-23(29)11-13-26/h2-9,23,29H,10-19H2,1H3. The highest BCUT2D eigenvalue weighted by atomic mass is 16.5. The normalized spacial score (nSPS) is 18.3. The van der Waals surface area contributed by atoms with Crippen molar-refractivity contribution < 1.29 is 14.6 Å².